The molecule has 5 heteroatoms. The number of nitrogens with zero attached hydrogens (tertiary/aromatic N) is 2. The van der Waals surface area contributed by atoms with Crippen LogP contribution in [0, 0.1) is 0 Å². The molecule has 1 aromatic heterocycles. The van der Waals surface area contributed by atoms with Crippen LogP contribution in [0.25, 0.3) is 0 Å². The Morgan fingerprint density at radius 1 is 1.17 bits per heavy atom. The predicted molar refractivity (Wildman–Crippen MR) is 90.7 cm³/mol. The van der Waals surface area contributed by atoms with Crippen LogP contribution in [0.4, 0.5) is 5.69 Å². The largest absolute Gasteiger partial charge is 0.381 e. The minimum Gasteiger partial charge on any atom is -0.381 e. The summed E-state index contributed by atoms with van der Waals surface area (Å²) in [6, 6.07) is 13.4. The molecule has 2 aromatic rings. The van der Waals surface area contributed by atoms with E-state index in [2.05, 4.69) is 5.32 Å². The van der Waals surface area contributed by atoms with Gasteiger partial charge in [0, 0.05) is 44.1 Å². The van der Waals surface area contributed by atoms with Gasteiger partial charge in [0.2, 0.25) is 5.56 Å². The Bertz CT molecular complexity index is 739. The first-order chi connectivity index (χ1) is 11.1. The molecule has 1 fully saturated rings. The van der Waals surface area contributed by atoms with Gasteiger partial charge >= 0.3 is 0 Å². The number of hydrogen-bond donors (Lipinski definition) is 1. The zero-order chi connectivity index (χ0) is 16.2. The fourth-order valence-electron chi connectivity index (χ4n) is 2.95. The van der Waals surface area contributed by atoms with E-state index in [1.807, 2.05) is 35.2 Å². The standard InChI is InChI=1S/C18H21N3O2/c1-20-12-14(9-10-17(20)22)18(23)21-11-5-8-16(13-21)19-15-6-3-2-4-7-15/h2-4,6-7,9-10,12,16,19H,5,8,11,13H2,1H3. The third-order valence-corrected chi connectivity index (χ3v) is 4.19. The van der Waals surface area contributed by atoms with Crippen molar-refractivity contribution in [2.75, 3.05) is 18.4 Å². The molecule has 1 aliphatic heterocycles. The molecule has 120 valence electrons. The molecule has 0 bridgehead atoms. The zero-order valence-electron chi connectivity index (χ0n) is 13.2. The van der Waals surface area contributed by atoms with Crippen molar-refractivity contribution in [2.45, 2.75) is 18.9 Å². The van der Waals surface area contributed by atoms with Crippen LogP contribution in [0.5, 0.6) is 0 Å². The predicted octanol–water partition coefficient (Wildman–Crippen LogP) is 2.10. The van der Waals surface area contributed by atoms with Crippen molar-refractivity contribution in [3.63, 3.8) is 0 Å². The van der Waals surface area contributed by atoms with E-state index in [0.717, 1.165) is 25.1 Å². The second-order valence-corrected chi connectivity index (χ2v) is 5.97. The molecule has 23 heavy (non-hydrogen) atoms. The van der Waals surface area contributed by atoms with Gasteiger partial charge < -0.3 is 14.8 Å². The second-order valence-electron chi connectivity index (χ2n) is 5.97. The number of hydrogen-bond acceptors (Lipinski definition) is 3. The topological polar surface area (TPSA) is 54.3 Å². The number of piperidine rings is 1. The van der Waals surface area contributed by atoms with Gasteiger partial charge in [-0.25, -0.2) is 0 Å². The Labute approximate surface area is 135 Å². The van der Waals surface area contributed by atoms with Gasteiger partial charge in [-0.2, -0.15) is 0 Å². The summed E-state index contributed by atoms with van der Waals surface area (Å²) in [7, 11) is 1.66. The van der Waals surface area contributed by atoms with Gasteiger partial charge in [-0.05, 0) is 31.0 Å². The van der Waals surface area contributed by atoms with Crippen LogP contribution in [0.3, 0.4) is 0 Å². The molecule has 0 radical (unpaired) electrons. The van der Waals surface area contributed by atoms with Gasteiger partial charge in [-0.1, -0.05) is 18.2 Å². The van der Waals surface area contributed by atoms with Crippen LogP contribution in [-0.2, 0) is 7.05 Å². The Morgan fingerprint density at radius 3 is 2.70 bits per heavy atom. The van der Waals surface area contributed by atoms with Crippen molar-refractivity contribution in [1.29, 1.82) is 0 Å². The van der Waals surface area contributed by atoms with Crippen molar-refractivity contribution >= 4 is 11.6 Å². The van der Waals surface area contributed by atoms with E-state index in [9.17, 15) is 9.59 Å². The SMILES string of the molecule is Cn1cc(C(=O)N2CCCC(Nc3ccccc3)C2)ccc1=O. The van der Waals surface area contributed by atoms with Gasteiger partial charge in [-0.3, -0.25) is 9.59 Å². The fraction of sp³-hybridized carbons (Fsp3) is 0.333. The lowest BCUT2D eigenvalue weighted by atomic mass is 10.0. The molecule has 1 amide bonds. The highest BCUT2D eigenvalue weighted by molar-refractivity contribution is 5.94. The first-order valence-electron chi connectivity index (χ1n) is 7.91. The van der Waals surface area contributed by atoms with E-state index in [0.29, 0.717) is 12.1 Å². The molecular weight excluding hydrogens is 290 g/mol. The van der Waals surface area contributed by atoms with Crippen LogP contribution < -0.4 is 10.9 Å². The van der Waals surface area contributed by atoms with Crippen molar-refractivity contribution in [2.24, 2.45) is 7.05 Å². The van der Waals surface area contributed by atoms with Gasteiger partial charge in [-0.15, -0.1) is 0 Å². The van der Waals surface area contributed by atoms with Crippen LogP contribution in [0.2, 0.25) is 0 Å². The Balaban J connectivity index is 1.69. The van der Waals surface area contributed by atoms with Gasteiger partial charge in [0.05, 0.1) is 5.56 Å². The molecule has 1 aliphatic rings. The van der Waals surface area contributed by atoms with E-state index in [1.54, 1.807) is 19.3 Å². The van der Waals surface area contributed by atoms with Crippen LogP contribution in [0.15, 0.2) is 53.5 Å². The number of pyridine rings is 1. The van der Waals surface area contributed by atoms with Crippen molar-refractivity contribution in [1.82, 2.24) is 9.47 Å². The van der Waals surface area contributed by atoms with Crippen LogP contribution in [-0.4, -0.2) is 34.5 Å². The highest BCUT2D eigenvalue weighted by Gasteiger charge is 2.24. The average molecular weight is 311 g/mol. The Morgan fingerprint density at radius 2 is 1.96 bits per heavy atom. The van der Waals surface area contributed by atoms with Gasteiger partial charge in [0.15, 0.2) is 0 Å². The van der Waals surface area contributed by atoms with Crippen molar-refractivity contribution < 1.29 is 4.79 Å². The molecule has 0 saturated carbocycles. The van der Waals surface area contributed by atoms with E-state index < -0.39 is 0 Å². The number of nitrogens with one attached hydrogen (secondary N) is 1. The third kappa shape index (κ3) is 3.62. The number of carbonyl (C=O) groups is 1. The summed E-state index contributed by atoms with van der Waals surface area (Å²) in [5.41, 5.74) is 1.53. The number of amides is 1. The molecule has 0 aliphatic carbocycles. The van der Waals surface area contributed by atoms with E-state index >= 15 is 0 Å². The zero-order valence-corrected chi connectivity index (χ0v) is 13.2. The molecule has 1 unspecified atom stereocenters. The maximum Gasteiger partial charge on any atom is 0.255 e. The van der Waals surface area contributed by atoms with Crippen molar-refractivity contribution in [3.8, 4) is 0 Å². The lowest BCUT2D eigenvalue weighted by molar-refractivity contribution is 0.0714. The lowest BCUT2D eigenvalue weighted by Crippen LogP contribution is -2.45. The summed E-state index contributed by atoms with van der Waals surface area (Å²) in [6.45, 7) is 1.44. The van der Waals surface area contributed by atoms with Crippen LogP contribution >= 0.6 is 0 Å². The molecule has 5 nitrogen and oxygen atoms in total. The second kappa shape index (κ2) is 6.69. The monoisotopic (exact) mass is 311 g/mol. The summed E-state index contributed by atoms with van der Waals surface area (Å²) in [4.78, 5) is 26.0. The van der Waals surface area contributed by atoms with Gasteiger partial charge in [0.25, 0.3) is 5.91 Å². The summed E-state index contributed by atoms with van der Waals surface area (Å²) < 4.78 is 1.44. The van der Waals surface area contributed by atoms with E-state index in [4.69, 9.17) is 0 Å². The normalized spacial score (nSPS) is 17.8. The smallest absolute Gasteiger partial charge is 0.255 e. The molecule has 3 rings (SSSR count). The molecule has 1 atom stereocenters. The first-order valence-corrected chi connectivity index (χ1v) is 7.91. The molecular formula is C18H21N3O2. The molecule has 0 spiro atoms. The first kappa shape index (κ1) is 15.3. The maximum atomic E-state index is 12.6. The number of aryl methyl sites for hydroxylation is 1. The number of anilines is 1. The van der Waals surface area contributed by atoms with Crippen molar-refractivity contribution in [3.05, 3.63) is 64.6 Å². The third-order valence-electron chi connectivity index (χ3n) is 4.19. The molecule has 1 aromatic carbocycles. The molecule has 2 heterocycles. The number of likely N-dealkylation sites (tertiary alicyclic amines) is 1. The quantitative estimate of drug-likeness (QED) is 0.944. The highest BCUT2D eigenvalue weighted by Crippen LogP contribution is 2.17. The molecule has 1 N–H and O–H groups in total. The maximum absolute atomic E-state index is 12.6. The number of para-hydroxylation sites is 1. The highest BCUT2D eigenvalue weighted by atomic mass is 16.2. The summed E-state index contributed by atoms with van der Waals surface area (Å²) in [6.07, 6.45) is 3.63. The Kier molecular flexibility index (Phi) is 4.46. The molecule has 1 saturated heterocycles. The average Bonchev–Trinajstić information content (AvgIpc) is 2.58. The van der Waals surface area contributed by atoms with E-state index in [1.165, 1.54) is 10.6 Å². The number of benzene rings is 1. The Hall–Kier alpha value is -2.56. The summed E-state index contributed by atoms with van der Waals surface area (Å²) >= 11 is 0. The fourth-order valence-corrected chi connectivity index (χ4v) is 2.95. The number of carbonyl (C=O) groups excluding carboxylic acids is 1. The van der Waals surface area contributed by atoms with Gasteiger partial charge in [0.1, 0.15) is 0 Å². The number of rotatable bonds is 3. The minimum absolute atomic E-state index is 0.0137. The van der Waals surface area contributed by atoms with E-state index in [-0.39, 0.29) is 17.5 Å². The van der Waals surface area contributed by atoms with Crippen LogP contribution in [0.1, 0.15) is 23.2 Å². The summed E-state index contributed by atoms with van der Waals surface area (Å²) in [5, 5.41) is 3.49. The number of aromatic nitrogens is 1. The summed E-state index contributed by atoms with van der Waals surface area (Å²) in [5.74, 6) is -0.0137. The lowest BCUT2D eigenvalue weighted by Gasteiger charge is -2.33. The minimum atomic E-state index is -0.108.